The van der Waals surface area contributed by atoms with Gasteiger partial charge in [0.25, 0.3) is 0 Å². The zero-order chi connectivity index (χ0) is 16.6. The predicted molar refractivity (Wildman–Crippen MR) is 78.8 cm³/mol. The first-order chi connectivity index (χ1) is 10.3. The Hall–Kier alpha value is -2.51. The fraction of sp³-hybridized carbons (Fsp3) is 0. The van der Waals surface area contributed by atoms with Crippen molar-refractivity contribution in [3.8, 4) is 11.8 Å². The van der Waals surface area contributed by atoms with Crippen LogP contribution in [-0.2, 0) is 0 Å². The summed E-state index contributed by atoms with van der Waals surface area (Å²) < 4.78 is 39.0. The van der Waals surface area contributed by atoms with E-state index in [9.17, 15) is 17.3 Å². The van der Waals surface area contributed by atoms with Gasteiger partial charge in [-0.05, 0) is 24.3 Å². The van der Waals surface area contributed by atoms with Crippen LogP contribution in [0, 0.1) is 17.2 Å². The highest BCUT2D eigenvalue weighted by Crippen LogP contribution is 2.22. The van der Waals surface area contributed by atoms with Gasteiger partial charge in [-0.1, -0.05) is 41.6 Å². The van der Waals surface area contributed by atoms with E-state index >= 15 is 0 Å². The first-order valence-electron chi connectivity index (χ1n) is 5.88. The van der Waals surface area contributed by atoms with E-state index in [2.05, 4.69) is 16.8 Å². The summed E-state index contributed by atoms with van der Waals surface area (Å²) in [5, 5.41) is 9.39. The van der Waals surface area contributed by atoms with Crippen LogP contribution < -0.4 is 0 Å². The molecule has 2 aromatic carbocycles. The highest BCUT2D eigenvalue weighted by molar-refractivity contribution is 6.50. The van der Waals surface area contributed by atoms with Crippen molar-refractivity contribution in [3.05, 3.63) is 69.7 Å². The van der Waals surface area contributed by atoms with Crippen molar-refractivity contribution < 1.29 is 17.3 Å². The summed E-state index contributed by atoms with van der Waals surface area (Å²) in [5.74, 6) is 5.92. The summed E-state index contributed by atoms with van der Waals surface area (Å²) in [4.78, 5) is 3.16. The first kappa shape index (κ1) is 17.5. The molecule has 0 bridgehead atoms. The van der Waals surface area contributed by atoms with E-state index in [-0.39, 0.29) is 0 Å². The Morgan fingerprint density at radius 3 is 2.09 bits per heavy atom. The summed E-state index contributed by atoms with van der Waals surface area (Å²) >= 11 is 5.86. The number of hydrogen-bond acceptors (Lipinski definition) is 1. The normalized spacial score (nSPS) is 9.64. The molecule has 0 saturated heterocycles. The maximum Gasteiger partial charge on any atom is 0.673 e. The molecule has 0 saturated carbocycles. The number of hydrogen-bond donors (Lipinski definition) is 0. The number of nitrogens with zero attached hydrogens (tertiary/aromatic N) is 2. The van der Waals surface area contributed by atoms with Gasteiger partial charge >= 0.3 is 12.9 Å². The molecule has 2 rings (SSSR count). The van der Waals surface area contributed by atoms with E-state index in [0.717, 1.165) is 5.56 Å². The monoisotopic (exact) mass is 326 g/mol. The molecule has 0 aliphatic carbocycles. The van der Waals surface area contributed by atoms with Gasteiger partial charge in [0.2, 0.25) is 5.39 Å². The van der Waals surface area contributed by atoms with E-state index < -0.39 is 7.25 Å². The van der Waals surface area contributed by atoms with Crippen LogP contribution in [0.25, 0.3) is 4.98 Å². The second-order valence-electron chi connectivity index (χ2n) is 3.87. The molecule has 0 aliphatic rings. The van der Waals surface area contributed by atoms with Gasteiger partial charge in [0, 0.05) is 16.7 Å². The second-order valence-corrected chi connectivity index (χ2v) is 4.31. The molecule has 112 valence electrons. The van der Waals surface area contributed by atoms with Gasteiger partial charge in [0.05, 0.1) is 0 Å². The van der Waals surface area contributed by atoms with E-state index in [1.807, 2.05) is 30.3 Å². The minimum absolute atomic E-state index is 0.415. The van der Waals surface area contributed by atoms with E-state index in [1.165, 1.54) is 0 Å². The molecular weight excluding hydrogens is 318 g/mol. The van der Waals surface area contributed by atoms with Crippen LogP contribution in [0.1, 0.15) is 11.1 Å². The number of benzene rings is 2. The van der Waals surface area contributed by atoms with Crippen molar-refractivity contribution in [2.75, 3.05) is 0 Å². The fourth-order valence-corrected chi connectivity index (χ4v) is 1.53. The van der Waals surface area contributed by atoms with E-state index in [4.69, 9.17) is 17.0 Å². The molecule has 22 heavy (non-hydrogen) atoms. The van der Waals surface area contributed by atoms with Crippen LogP contribution in [0.2, 0.25) is 5.02 Å². The van der Waals surface area contributed by atoms with Crippen LogP contribution in [0.5, 0.6) is 0 Å². The standard InChI is InChI=1S/C14H8ClN2.BF4/c15-13-8-9-14(17-16)12(10-13)7-6-11-4-2-1-3-5-11;2-1(3,4)5/h1-5,8-10H;/q+1;-1. The van der Waals surface area contributed by atoms with Crippen molar-refractivity contribution >= 4 is 24.5 Å². The van der Waals surface area contributed by atoms with Crippen molar-refractivity contribution in [2.24, 2.45) is 0 Å². The lowest BCUT2D eigenvalue weighted by atomic mass is 10.1. The Morgan fingerprint density at radius 2 is 1.55 bits per heavy atom. The van der Waals surface area contributed by atoms with E-state index in [0.29, 0.717) is 16.3 Å². The average molecular weight is 326 g/mol. The zero-order valence-electron chi connectivity index (χ0n) is 11.0. The molecule has 0 amide bonds. The summed E-state index contributed by atoms with van der Waals surface area (Å²) in [6.45, 7) is 0. The zero-order valence-corrected chi connectivity index (χ0v) is 11.7. The molecule has 2 aromatic rings. The van der Waals surface area contributed by atoms with Crippen molar-refractivity contribution in [3.63, 3.8) is 0 Å². The van der Waals surface area contributed by atoms with Crippen LogP contribution in [0.15, 0.2) is 48.5 Å². The third-order valence-corrected chi connectivity index (χ3v) is 2.42. The topological polar surface area (TPSA) is 28.1 Å². The molecule has 8 heteroatoms. The summed E-state index contributed by atoms with van der Waals surface area (Å²) in [5.41, 5.74) is 1.91. The van der Waals surface area contributed by atoms with Gasteiger partial charge in [0.15, 0.2) is 4.98 Å². The van der Waals surface area contributed by atoms with Crippen molar-refractivity contribution in [1.82, 2.24) is 0 Å². The molecule has 0 fully saturated rings. The molecular formula is C14H8BClF4N2. The average Bonchev–Trinajstić information content (AvgIpc) is 2.44. The quantitative estimate of drug-likeness (QED) is 0.271. The highest BCUT2D eigenvalue weighted by Gasteiger charge is 2.20. The second kappa shape index (κ2) is 8.06. The largest absolute Gasteiger partial charge is 0.673 e. The Morgan fingerprint density at radius 1 is 0.955 bits per heavy atom. The first-order valence-corrected chi connectivity index (χ1v) is 6.26. The maximum absolute atomic E-state index is 9.75. The third kappa shape index (κ3) is 7.32. The Bertz CT molecular complexity index is 724. The third-order valence-electron chi connectivity index (χ3n) is 2.18. The van der Waals surface area contributed by atoms with Gasteiger partial charge in [-0.2, -0.15) is 0 Å². The summed E-state index contributed by atoms with van der Waals surface area (Å²) in [6, 6.07) is 14.5. The summed E-state index contributed by atoms with van der Waals surface area (Å²) in [7, 11) is -6.00. The SMILES string of the molecule is F[B-](F)(F)F.N#[N+]c1ccc(Cl)cc1C#Cc1ccccc1. The minimum atomic E-state index is -6.00. The van der Waals surface area contributed by atoms with E-state index in [1.54, 1.807) is 18.2 Å². The lowest BCUT2D eigenvalue weighted by molar-refractivity contribution is 0.368. The predicted octanol–water partition coefficient (Wildman–Crippen LogP) is 5.52. The molecule has 2 nitrogen and oxygen atoms in total. The van der Waals surface area contributed by atoms with Gasteiger partial charge in [0.1, 0.15) is 5.56 Å². The molecule has 0 atom stereocenters. The molecule has 0 unspecified atom stereocenters. The summed E-state index contributed by atoms with van der Waals surface area (Å²) in [6.07, 6.45) is 0. The molecule has 0 N–H and O–H groups in total. The lowest BCUT2D eigenvalue weighted by Gasteiger charge is -1.94. The lowest BCUT2D eigenvalue weighted by Crippen LogP contribution is -2.02. The number of rotatable bonds is 0. The Balaban J connectivity index is 0.000000422. The number of diazo groups is 1. The molecule has 0 heterocycles. The fourth-order valence-electron chi connectivity index (χ4n) is 1.36. The smallest absolute Gasteiger partial charge is 0.418 e. The van der Waals surface area contributed by atoms with Gasteiger partial charge in [-0.3, -0.25) is 0 Å². The van der Waals surface area contributed by atoms with Crippen LogP contribution >= 0.6 is 11.6 Å². The van der Waals surface area contributed by atoms with Gasteiger partial charge in [-0.15, -0.1) is 0 Å². The van der Waals surface area contributed by atoms with Gasteiger partial charge in [-0.25, -0.2) is 0 Å². The molecule has 0 spiro atoms. The maximum atomic E-state index is 9.75. The van der Waals surface area contributed by atoms with Crippen molar-refractivity contribution in [2.45, 2.75) is 0 Å². The Kier molecular flexibility index (Phi) is 6.43. The van der Waals surface area contributed by atoms with Crippen molar-refractivity contribution in [1.29, 1.82) is 5.39 Å². The minimum Gasteiger partial charge on any atom is -0.418 e. The Labute approximate surface area is 129 Å². The molecule has 0 aliphatic heterocycles. The van der Waals surface area contributed by atoms with Gasteiger partial charge < -0.3 is 17.3 Å². The molecule has 0 radical (unpaired) electrons. The molecule has 0 aromatic heterocycles. The highest BCUT2D eigenvalue weighted by atomic mass is 35.5. The van der Waals surface area contributed by atoms with Crippen LogP contribution in [-0.4, -0.2) is 7.25 Å². The number of halogens is 5. The van der Waals surface area contributed by atoms with Crippen LogP contribution in [0.3, 0.4) is 0 Å². The van der Waals surface area contributed by atoms with Crippen LogP contribution in [0.4, 0.5) is 23.0 Å².